The van der Waals surface area contributed by atoms with Crippen LogP contribution in [0.5, 0.6) is 0 Å². The molecule has 3 heterocycles. The van der Waals surface area contributed by atoms with Crippen LogP contribution in [0.15, 0.2) is 30.3 Å². The summed E-state index contributed by atoms with van der Waals surface area (Å²) in [7, 11) is -3.51. The molecule has 8 heteroatoms. The summed E-state index contributed by atoms with van der Waals surface area (Å²) in [5.41, 5.74) is 2.99. The lowest BCUT2D eigenvalue weighted by Crippen LogP contribution is -2.49. The number of hydrogen-bond acceptors (Lipinski definition) is 4. The molecule has 1 fully saturated rings. The molecule has 0 spiro atoms. The van der Waals surface area contributed by atoms with Crippen LogP contribution in [0.1, 0.15) is 34.6 Å². The lowest BCUT2D eigenvalue weighted by molar-refractivity contribution is 0.0721. The molecule has 0 saturated carbocycles. The van der Waals surface area contributed by atoms with Gasteiger partial charge in [0, 0.05) is 25.3 Å². The Labute approximate surface area is 153 Å². The van der Waals surface area contributed by atoms with Crippen LogP contribution in [-0.2, 0) is 16.4 Å². The number of carbonyl (C=O) groups excluding carboxylic acids is 1. The number of aromatic amines is 1. The van der Waals surface area contributed by atoms with E-state index in [1.165, 1.54) is 4.31 Å². The van der Waals surface area contributed by atoms with E-state index in [-0.39, 0.29) is 12.5 Å². The van der Waals surface area contributed by atoms with Gasteiger partial charge in [0.05, 0.1) is 10.9 Å². The first-order valence-electron chi connectivity index (χ1n) is 8.87. The number of anilines is 1. The van der Waals surface area contributed by atoms with E-state index in [0.29, 0.717) is 31.6 Å². The molecule has 1 N–H and O–H groups in total. The van der Waals surface area contributed by atoms with Gasteiger partial charge in [-0.3, -0.25) is 14.2 Å². The molecule has 1 aromatic carbocycles. The van der Waals surface area contributed by atoms with Gasteiger partial charge in [0.1, 0.15) is 5.69 Å². The zero-order chi connectivity index (χ0) is 18.3. The minimum atomic E-state index is -3.51. The Bertz CT molecular complexity index is 937. The Morgan fingerprint density at radius 2 is 2.08 bits per heavy atom. The summed E-state index contributed by atoms with van der Waals surface area (Å²) in [5.74, 6) is -0.212. The molecule has 1 unspecified atom stereocenters. The van der Waals surface area contributed by atoms with Gasteiger partial charge in [-0.25, -0.2) is 8.42 Å². The van der Waals surface area contributed by atoms with E-state index in [2.05, 4.69) is 10.2 Å². The van der Waals surface area contributed by atoms with Crippen molar-refractivity contribution in [2.75, 3.05) is 23.9 Å². The number of amides is 1. The van der Waals surface area contributed by atoms with Gasteiger partial charge in [-0.2, -0.15) is 5.10 Å². The average molecular weight is 374 g/mol. The van der Waals surface area contributed by atoms with Crippen molar-refractivity contribution >= 4 is 21.6 Å². The molecule has 0 bridgehead atoms. The highest BCUT2D eigenvalue weighted by Gasteiger charge is 2.39. The van der Waals surface area contributed by atoms with E-state index in [0.717, 1.165) is 23.4 Å². The predicted molar refractivity (Wildman–Crippen MR) is 98.7 cm³/mol. The number of aryl methyl sites for hydroxylation is 1. The number of carbonyl (C=O) groups is 1. The molecule has 0 radical (unpaired) electrons. The number of H-pyrrole nitrogens is 1. The molecule has 2 aliphatic rings. The zero-order valence-corrected chi connectivity index (χ0v) is 15.5. The van der Waals surface area contributed by atoms with Gasteiger partial charge < -0.3 is 4.90 Å². The summed E-state index contributed by atoms with van der Waals surface area (Å²) in [4.78, 5) is 14.3. The molecule has 2 aliphatic heterocycles. The lowest BCUT2D eigenvalue weighted by Gasteiger charge is -2.34. The Kier molecular flexibility index (Phi) is 4.22. The van der Waals surface area contributed by atoms with Crippen LogP contribution < -0.4 is 4.31 Å². The number of hydrogen-bond donors (Lipinski definition) is 1. The summed E-state index contributed by atoms with van der Waals surface area (Å²) in [6.07, 6.45) is 1.98. The first-order valence-corrected chi connectivity index (χ1v) is 10.4. The molecule has 1 saturated heterocycles. The van der Waals surface area contributed by atoms with E-state index >= 15 is 0 Å². The first-order chi connectivity index (χ1) is 12.5. The van der Waals surface area contributed by atoms with Crippen molar-refractivity contribution in [1.29, 1.82) is 0 Å². The number of piperidine rings is 1. The molecule has 1 atom stereocenters. The Balaban J connectivity index is 1.55. The van der Waals surface area contributed by atoms with Gasteiger partial charge in [-0.1, -0.05) is 18.2 Å². The standard InChI is InChI=1S/C18H22N4O3S/c1-13-11-16(20-19-13)18(23)21-9-4-6-15(12-21)26(24,25)22-10-8-14-5-2-3-7-17(14)22/h2-3,5,7,11,15H,4,6,8-10,12H2,1H3,(H,19,20). The van der Waals surface area contributed by atoms with Gasteiger partial charge in [-0.05, 0) is 43.9 Å². The SMILES string of the molecule is Cc1cc(C(=O)N2CCCC(S(=O)(=O)N3CCc4ccccc43)C2)n[nH]1. The van der Waals surface area contributed by atoms with Crippen molar-refractivity contribution in [2.24, 2.45) is 0 Å². The fraction of sp³-hybridized carbons (Fsp3) is 0.444. The molecule has 138 valence electrons. The third-order valence-electron chi connectivity index (χ3n) is 5.16. The number of rotatable bonds is 3. The van der Waals surface area contributed by atoms with Crippen LogP contribution in [0.3, 0.4) is 0 Å². The monoisotopic (exact) mass is 374 g/mol. The maximum atomic E-state index is 13.2. The second kappa shape index (κ2) is 6.42. The Morgan fingerprint density at radius 3 is 2.85 bits per heavy atom. The van der Waals surface area contributed by atoms with Gasteiger partial charge in [0.2, 0.25) is 10.0 Å². The van der Waals surface area contributed by atoms with Gasteiger partial charge in [0.25, 0.3) is 5.91 Å². The van der Waals surface area contributed by atoms with Crippen molar-refractivity contribution in [3.8, 4) is 0 Å². The molecule has 7 nitrogen and oxygen atoms in total. The number of nitrogens with zero attached hydrogens (tertiary/aromatic N) is 3. The Morgan fingerprint density at radius 1 is 1.27 bits per heavy atom. The number of aromatic nitrogens is 2. The van der Waals surface area contributed by atoms with Crippen molar-refractivity contribution in [3.63, 3.8) is 0 Å². The third kappa shape index (κ3) is 2.88. The third-order valence-corrected chi connectivity index (χ3v) is 7.38. The zero-order valence-electron chi connectivity index (χ0n) is 14.7. The minimum Gasteiger partial charge on any atom is -0.336 e. The summed E-state index contributed by atoms with van der Waals surface area (Å²) in [6.45, 7) is 3.09. The molecule has 4 rings (SSSR count). The average Bonchev–Trinajstić information content (AvgIpc) is 3.28. The van der Waals surface area contributed by atoms with Gasteiger partial charge in [-0.15, -0.1) is 0 Å². The summed E-state index contributed by atoms with van der Waals surface area (Å²) in [6, 6.07) is 9.32. The second-order valence-corrected chi connectivity index (χ2v) is 9.08. The van der Waals surface area contributed by atoms with Crippen molar-refractivity contribution in [2.45, 2.75) is 31.4 Å². The fourth-order valence-corrected chi connectivity index (χ4v) is 5.80. The topological polar surface area (TPSA) is 86.4 Å². The normalized spacial score (nSPS) is 20.3. The largest absolute Gasteiger partial charge is 0.336 e. The van der Waals surface area contributed by atoms with Crippen LogP contribution in [0.4, 0.5) is 5.69 Å². The van der Waals surface area contributed by atoms with Gasteiger partial charge in [0.15, 0.2) is 0 Å². The molecule has 2 aromatic rings. The van der Waals surface area contributed by atoms with Crippen LogP contribution in [0.25, 0.3) is 0 Å². The number of likely N-dealkylation sites (tertiary alicyclic amines) is 1. The van der Waals surface area contributed by atoms with Crippen LogP contribution in [0.2, 0.25) is 0 Å². The highest BCUT2D eigenvalue weighted by molar-refractivity contribution is 7.93. The number of sulfonamides is 1. The van der Waals surface area contributed by atoms with Crippen molar-refractivity contribution in [3.05, 3.63) is 47.3 Å². The predicted octanol–water partition coefficient (Wildman–Crippen LogP) is 1.72. The highest BCUT2D eigenvalue weighted by atomic mass is 32.2. The molecular weight excluding hydrogens is 352 g/mol. The summed E-state index contributed by atoms with van der Waals surface area (Å²) >= 11 is 0. The van der Waals surface area contributed by atoms with E-state index in [1.807, 2.05) is 31.2 Å². The number of nitrogens with one attached hydrogen (secondary N) is 1. The van der Waals surface area contributed by atoms with E-state index < -0.39 is 15.3 Å². The summed E-state index contributed by atoms with van der Waals surface area (Å²) in [5, 5.41) is 6.19. The van der Waals surface area contributed by atoms with E-state index in [4.69, 9.17) is 0 Å². The van der Waals surface area contributed by atoms with Crippen molar-refractivity contribution in [1.82, 2.24) is 15.1 Å². The van der Waals surface area contributed by atoms with Gasteiger partial charge >= 0.3 is 0 Å². The molecular formula is C18H22N4O3S. The lowest BCUT2D eigenvalue weighted by atomic mass is 10.1. The molecule has 0 aliphatic carbocycles. The first kappa shape index (κ1) is 17.1. The molecule has 1 aromatic heterocycles. The smallest absolute Gasteiger partial charge is 0.274 e. The van der Waals surface area contributed by atoms with E-state index in [1.54, 1.807) is 11.0 Å². The number of para-hydroxylation sites is 1. The molecule has 26 heavy (non-hydrogen) atoms. The molecule has 1 amide bonds. The summed E-state index contributed by atoms with van der Waals surface area (Å²) < 4.78 is 28.0. The number of fused-ring (bicyclic) bond motifs is 1. The van der Waals surface area contributed by atoms with Crippen LogP contribution in [-0.4, -0.2) is 54.3 Å². The maximum Gasteiger partial charge on any atom is 0.274 e. The highest BCUT2D eigenvalue weighted by Crippen LogP contribution is 2.33. The van der Waals surface area contributed by atoms with Crippen LogP contribution in [0, 0.1) is 6.92 Å². The fourth-order valence-electron chi connectivity index (χ4n) is 3.81. The van der Waals surface area contributed by atoms with Crippen molar-refractivity contribution < 1.29 is 13.2 Å². The van der Waals surface area contributed by atoms with E-state index in [9.17, 15) is 13.2 Å². The second-order valence-electron chi connectivity index (χ2n) is 6.95. The maximum absolute atomic E-state index is 13.2. The Hall–Kier alpha value is -2.35. The quantitative estimate of drug-likeness (QED) is 0.886. The van der Waals surface area contributed by atoms with Crippen LogP contribution >= 0.6 is 0 Å². The number of benzene rings is 1. The minimum absolute atomic E-state index is 0.212.